The second-order valence-electron chi connectivity index (χ2n) is 12.4. The van der Waals surface area contributed by atoms with Crippen molar-refractivity contribution in [2.24, 2.45) is 11.8 Å². The molecule has 232 valence electrons. The van der Waals surface area contributed by atoms with Gasteiger partial charge in [-0.05, 0) is 61.8 Å². The fraction of sp³-hybridized carbons (Fsp3) is 0.382. The summed E-state index contributed by atoms with van der Waals surface area (Å²) in [6, 6.07) is 12.5. The first-order valence-corrected chi connectivity index (χ1v) is 15.2. The first-order valence-electron chi connectivity index (χ1n) is 15.2. The van der Waals surface area contributed by atoms with E-state index in [1.165, 1.54) is 18.6 Å². The SMILES string of the molecule is CC1(C)C[C@@H](C[C@@H](C#N)NC(=O)C(/C=C/C2CC2)NC(=O)[C@H](Cc2cccc3ccccc23)NC(=O)c2cnccn2)C(=O)N1. The second kappa shape index (κ2) is 13.7. The summed E-state index contributed by atoms with van der Waals surface area (Å²) in [5.41, 5.74) is 0.501. The highest BCUT2D eigenvalue weighted by molar-refractivity contribution is 5.98. The van der Waals surface area contributed by atoms with Crippen molar-refractivity contribution in [3.63, 3.8) is 0 Å². The van der Waals surface area contributed by atoms with Crippen LogP contribution in [0.4, 0.5) is 0 Å². The van der Waals surface area contributed by atoms with Gasteiger partial charge in [0.15, 0.2) is 0 Å². The average molecular weight is 608 g/mol. The molecule has 2 aliphatic rings. The van der Waals surface area contributed by atoms with E-state index in [-0.39, 0.29) is 30.0 Å². The van der Waals surface area contributed by atoms with Crippen molar-refractivity contribution in [1.29, 1.82) is 5.26 Å². The number of hydrogen-bond donors (Lipinski definition) is 4. The van der Waals surface area contributed by atoms with Crippen LogP contribution in [-0.2, 0) is 20.8 Å². The van der Waals surface area contributed by atoms with Crippen molar-refractivity contribution >= 4 is 34.4 Å². The zero-order valence-corrected chi connectivity index (χ0v) is 25.3. The zero-order valence-electron chi connectivity index (χ0n) is 25.3. The topological polar surface area (TPSA) is 166 Å². The molecule has 11 nitrogen and oxygen atoms in total. The molecule has 45 heavy (non-hydrogen) atoms. The number of carbonyl (C=O) groups excluding carboxylic acids is 4. The molecule has 2 aromatic carbocycles. The number of allylic oxidation sites excluding steroid dienone is 1. The number of aromatic nitrogens is 2. The van der Waals surface area contributed by atoms with Gasteiger partial charge in [-0.3, -0.25) is 24.2 Å². The van der Waals surface area contributed by atoms with Gasteiger partial charge in [0.2, 0.25) is 17.7 Å². The molecule has 3 aromatic rings. The van der Waals surface area contributed by atoms with Gasteiger partial charge in [-0.25, -0.2) is 4.98 Å². The highest BCUT2D eigenvalue weighted by Crippen LogP contribution is 2.30. The van der Waals surface area contributed by atoms with Gasteiger partial charge in [0.1, 0.15) is 23.8 Å². The summed E-state index contributed by atoms with van der Waals surface area (Å²) in [6.45, 7) is 3.83. The van der Waals surface area contributed by atoms with Crippen molar-refractivity contribution in [1.82, 2.24) is 31.2 Å². The van der Waals surface area contributed by atoms with Crippen molar-refractivity contribution in [3.8, 4) is 6.07 Å². The van der Waals surface area contributed by atoms with E-state index in [9.17, 15) is 24.4 Å². The molecule has 1 aromatic heterocycles. The minimum Gasteiger partial charge on any atom is -0.351 e. The molecule has 1 aliphatic heterocycles. The number of benzene rings is 2. The number of nitriles is 1. The van der Waals surface area contributed by atoms with E-state index in [4.69, 9.17) is 0 Å². The molecule has 4 amide bonds. The van der Waals surface area contributed by atoms with E-state index in [1.54, 1.807) is 6.08 Å². The molecular formula is C34H37N7O4. The Balaban J connectivity index is 1.35. The smallest absolute Gasteiger partial charge is 0.272 e. The molecule has 4 N–H and O–H groups in total. The minimum atomic E-state index is -1.11. The van der Waals surface area contributed by atoms with Crippen LogP contribution in [-0.4, -0.2) is 57.3 Å². The molecule has 11 heteroatoms. The quantitative estimate of drug-likeness (QED) is 0.230. The Labute approximate surface area is 261 Å². The molecule has 2 fully saturated rings. The summed E-state index contributed by atoms with van der Waals surface area (Å²) in [4.78, 5) is 61.0. The van der Waals surface area contributed by atoms with E-state index < -0.39 is 41.8 Å². The number of rotatable bonds is 12. The van der Waals surface area contributed by atoms with Gasteiger partial charge in [0, 0.05) is 30.3 Å². The predicted molar refractivity (Wildman–Crippen MR) is 167 cm³/mol. The number of nitrogens with one attached hydrogen (secondary N) is 4. The molecular weight excluding hydrogens is 570 g/mol. The van der Waals surface area contributed by atoms with Crippen LogP contribution in [0.15, 0.2) is 73.2 Å². The molecule has 1 saturated heterocycles. The lowest BCUT2D eigenvalue weighted by Gasteiger charge is -2.23. The Morgan fingerprint density at radius 3 is 2.53 bits per heavy atom. The summed E-state index contributed by atoms with van der Waals surface area (Å²) < 4.78 is 0. The maximum Gasteiger partial charge on any atom is 0.272 e. The Morgan fingerprint density at radius 2 is 1.84 bits per heavy atom. The first kappa shape index (κ1) is 31.3. The normalized spacial score (nSPS) is 19.2. The molecule has 0 spiro atoms. The molecule has 0 radical (unpaired) electrons. The Morgan fingerprint density at radius 1 is 1.07 bits per heavy atom. The molecule has 1 saturated carbocycles. The number of hydrogen-bond acceptors (Lipinski definition) is 7. The highest BCUT2D eigenvalue weighted by Gasteiger charge is 2.39. The van der Waals surface area contributed by atoms with Gasteiger partial charge in [0.05, 0.1) is 12.3 Å². The molecule has 5 rings (SSSR count). The van der Waals surface area contributed by atoms with Crippen LogP contribution in [0.5, 0.6) is 0 Å². The summed E-state index contributed by atoms with van der Waals surface area (Å²) in [5.74, 6) is -1.99. The summed E-state index contributed by atoms with van der Waals surface area (Å²) >= 11 is 0. The van der Waals surface area contributed by atoms with Gasteiger partial charge < -0.3 is 21.3 Å². The number of amides is 4. The predicted octanol–water partition coefficient (Wildman–Crippen LogP) is 2.74. The zero-order chi connectivity index (χ0) is 32.0. The van der Waals surface area contributed by atoms with Crippen molar-refractivity contribution < 1.29 is 19.2 Å². The van der Waals surface area contributed by atoms with Crippen LogP contribution in [0.25, 0.3) is 10.8 Å². The lowest BCUT2D eigenvalue weighted by atomic mass is 9.92. The van der Waals surface area contributed by atoms with Crippen molar-refractivity contribution in [2.45, 2.75) is 69.6 Å². The monoisotopic (exact) mass is 607 g/mol. The van der Waals surface area contributed by atoms with Gasteiger partial charge in [-0.1, -0.05) is 54.6 Å². The van der Waals surface area contributed by atoms with E-state index in [0.717, 1.165) is 29.2 Å². The second-order valence-corrected chi connectivity index (χ2v) is 12.4. The summed E-state index contributed by atoms with van der Waals surface area (Å²) in [7, 11) is 0. The van der Waals surface area contributed by atoms with E-state index in [2.05, 4.69) is 37.3 Å². The number of nitrogens with zero attached hydrogens (tertiary/aromatic N) is 3. The Hall–Kier alpha value is -5.11. The lowest BCUT2D eigenvalue weighted by molar-refractivity contribution is -0.129. The third-order valence-corrected chi connectivity index (χ3v) is 8.08. The molecule has 1 aliphatic carbocycles. The number of fused-ring (bicyclic) bond motifs is 1. The van der Waals surface area contributed by atoms with Gasteiger partial charge in [-0.15, -0.1) is 0 Å². The summed E-state index contributed by atoms with van der Waals surface area (Å²) in [6.07, 6.45) is 10.5. The van der Waals surface area contributed by atoms with Crippen LogP contribution < -0.4 is 21.3 Å². The first-order chi connectivity index (χ1) is 21.6. The lowest BCUT2D eigenvalue weighted by Crippen LogP contribution is -2.55. The standard InChI is InChI=1S/C34H37N7O4/c1-34(2)18-24(30(42)41-34)16-25(19-35)38-31(43)27(13-12-21-10-11-21)39-32(44)28(40-33(45)29-20-36-14-15-37-29)17-23-8-5-7-22-6-3-4-9-26(22)23/h3-9,12-15,20-21,24-25,27-28H,10-11,16-18H2,1-2H3,(H,38,43)(H,39,44)(H,40,45)(H,41,42)/b13-12+/t24-,25+,27?,28+/m1/s1. The van der Waals surface area contributed by atoms with Crippen LogP contribution >= 0.6 is 0 Å². The third kappa shape index (κ3) is 8.29. The van der Waals surface area contributed by atoms with E-state index in [1.807, 2.05) is 62.4 Å². The van der Waals surface area contributed by atoms with Crippen LogP contribution in [0, 0.1) is 23.2 Å². The van der Waals surface area contributed by atoms with Crippen LogP contribution in [0.3, 0.4) is 0 Å². The Bertz CT molecular complexity index is 1640. The largest absolute Gasteiger partial charge is 0.351 e. The van der Waals surface area contributed by atoms with Crippen molar-refractivity contribution in [3.05, 3.63) is 84.5 Å². The minimum absolute atomic E-state index is 0.0483. The van der Waals surface area contributed by atoms with Gasteiger partial charge in [-0.2, -0.15) is 5.26 Å². The van der Waals surface area contributed by atoms with Crippen molar-refractivity contribution in [2.75, 3.05) is 0 Å². The van der Waals surface area contributed by atoms with Crippen LogP contribution in [0.2, 0.25) is 0 Å². The van der Waals surface area contributed by atoms with E-state index in [0.29, 0.717) is 12.3 Å². The molecule has 1 unspecified atom stereocenters. The third-order valence-electron chi connectivity index (χ3n) is 8.08. The average Bonchev–Trinajstić information content (AvgIpc) is 3.82. The maximum atomic E-state index is 13.9. The maximum absolute atomic E-state index is 13.9. The molecule has 2 heterocycles. The van der Waals surface area contributed by atoms with Gasteiger partial charge >= 0.3 is 0 Å². The molecule has 4 atom stereocenters. The fourth-order valence-electron chi connectivity index (χ4n) is 5.64. The fourth-order valence-corrected chi connectivity index (χ4v) is 5.64. The summed E-state index contributed by atoms with van der Waals surface area (Å²) in [5, 5.41) is 23.0. The van der Waals surface area contributed by atoms with Gasteiger partial charge in [0.25, 0.3) is 5.91 Å². The van der Waals surface area contributed by atoms with E-state index >= 15 is 0 Å². The Kier molecular flexibility index (Phi) is 9.52. The van der Waals surface area contributed by atoms with Crippen LogP contribution in [0.1, 0.15) is 55.6 Å². The number of carbonyl (C=O) groups is 4. The molecule has 0 bridgehead atoms. The highest BCUT2D eigenvalue weighted by atomic mass is 16.2.